The predicted molar refractivity (Wildman–Crippen MR) is 121 cm³/mol. The monoisotopic (exact) mass is 435 g/mol. The highest BCUT2D eigenvalue weighted by atomic mass is 19.1. The summed E-state index contributed by atoms with van der Waals surface area (Å²) < 4.78 is 20.4. The van der Waals surface area contributed by atoms with Crippen LogP contribution in [-0.2, 0) is 6.54 Å². The molecule has 0 amide bonds. The van der Waals surface area contributed by atoms with Crippen molar-refractivity contribution in [1.29, 1.82) is 0 Å². The van der Waals surface area contributed by atoms with Gasteiger partial charge in [0.05, 0.1) is 13.2 Å². The Morgan fingerprint density at radius 1 is 0.938 bits per heavy atom. The molecule has 2 heterocycles. The van der Waals surface area contributed by atoms with E-state index in [1.807, 2.05) is 29.2 Å². The van der Waals surface area contributed by atoms with Crippen LogP contribution in [0.5, 0.6) is 5.75 Å². The second-order valence-electron chi connectivity index (χ2n) is 8.42. The lowest BCUT2D eigenvalue weighted by Gasteiger charge is -2.36. The van der Waals surface area contributed by atoms with Crippen molar-refractivity contribution in [3.8, 4) is 5.75 Å². The van der Waals surface area contributed by atoms with E-state index in [1.165, 1.54) is 29.5 Å². The Kier molecular flexibility index (Phi) is 5.75. The Morgan fingerprint density at radius 3 is 2.28 bits per heavy atom. The van der Waals surface area contributed by atoms with Crippen LogP contribution in [0.15, 0.2) is 59.7 Å². The summed E-state index contributed by atoms with van der Waals surface area (Å²) in [6.45, 7) is 4.11. The summed E-state index contributed by atoms with van der Waals surface area (Å²) in [5.41, 5.74) is 1.67. The number of rotatable bonds is 7. The number of anilines is 2. The highest BCUT2D eigenvalue weighted by Gasteiger charge is 2.22. The second-order valence-corrected chi connectivity index (χ2v) is 8.42. The summed E-state index contributed by atoms with van der Waals surface area (Å²) >= 11 is 0. The van der Waals surface area contributed by atoms with E-state index >= 15 is 0 Å². The van der Waals surface area contributed by atoms with Crippen molar-refractivity contribution in [3.63, 3.8) is 0 Å². The summed E-state index contributed by atoms with van der Waals surface area (Å²) in [7, 11) is 0. The molecule has 32 heavy (non-hydrogen) atoms. The van der Waals surface area contributed by atoms with Crippen LogP contribution in [0.4, 0.5) is 16.0 Å². The van der Waals surface area contributed by atoms with Gasteiger partial charge in [-0.05, 0) is 60.7 Å². The highest BCUT2D eigenvalue weighted by Crippen LogP contribution is 2.29. The zero-order chi connectivity index (χ0) is 21.9. The van der Waals surface area contributed by atoms with Crippen molar-refractivity contribution >= 4 is 11.6 Å². The van der Waals surface area contributed by atoms with Gasteiger partial charge in [0, 0.05) is 31.9 Å². The topological polar surface area (TPSA) is 63.5 Å². The smallest absolute Gasteiger partial charge is 0.352 e. The van der Waals surface area contributed by atoms with E-state index in [2.05, 4.69) is 14.9 Å². The molecule has 2 aromatic carbocycles. The molecule has 1 saturated carbocycles. The summed E-state index contributed by atoms with van der Waals surface area (Å²) in [5, 5.41) is 0. The largest absolute Gasteiger partial charge is 0.493 e. The Hall–Kier alpha value is -3.42. The van der Waals surface area contributed by atoms with Gasteiger partial charge in [0.2, 0.25) is 5.95 Å². The van der Waals surface area contributed by atoms with E-state index in [9.17, 15) is 9.18 Å². The molecule has 0 bridgehead atoms. The van der Waals surface area contributed by atoms with Crippen LogP contribution in [-0.4, -0.2) is 47.3 Å². The highest BCUT2D eigenvalue weighted by molar-refractivity contribution is 5.48. The van der Waals surface area contributed by atoms with Gasteiger partial charge in [-0.1, -0.05) is 12.1 Å². The lowest BCUT2D eigenvalue weighted by molar-refractivity contribution is 0.299. The second kappa shape index (κ2) is 8.98. The molecule has 5 rings (SSSR count). The molecule has 3 aromatic rings. The molecule has 1 aromatic heterocycles. The normalized spacial score (nSPS) is 16.3. The van der Waals surface area contributed by atoms with E-state index < -0.39 is 0 Å². The zero-order valence-corrected chi connectivity index (χ0v) is 17.9. The molecule has 8 heteroatoms. The van der Waals surface area contributed by atoms with Crippen LogP contribution in [0.1, 0.15) is 18.4 Å². The maximum Gasteiger partial charge on any atom is 0.352 e. The number of benzene rings is 2. The fraction of sp³-hybridized carbons (Fsp3) is 0.375. The maximum atomic E-state index is 13.1. The van der Waals surface area contributed by atoms with Crippen molar-refractivity contribution < 1.29 is 9.13 Å². The predicted octanol–water partition coefficient (Wildman–Crippen LogP) is 2.94. The standard InChI is InChI=1S/C24H26FN5O2/c25-20-5-7-21(8-6-20)28-11-13-29(14-12-28)23-26-17-30(24(31)27-23)15-18-3-9-22(10-4-18)32-16-19-1-2-19/h3-10,17,19H,1-2,11-16H2. The number of piperazine rings is 1. The number of nitrogens with zero attached hydrogens (tertiary/aromatic N) is 5. The van der Waals surface area contributed by atoms with Gasteiger partial charge in [-0.15, -0.1) is 0 Å². The molecule has 0 N–H and O–H groups in total. The summed E-state index contributed by atoms with van der Waals surface area (Å²) in [6.07, 6.45) is 4.09. The molecular weight excluding hydrogens is 409 g/mol. The average molecular weight is 436 g/mol. The lowest BCUT2D eigenvalue weighted by Crippen LogP contribution is -2.47. The van der Waals surface area contributed by atoms with Gasteiger partial charge in [-0.2, -0.15) is 4.98 Å². The Balaban J connectivity index is 1.18. The first kappa shape index (κ1) is 20.5. The minimum atomic E-state index is -0.315. The first-order chi connectivity index (χ1) is 15.6. The zero-order valence-electron chi connectivity index (χ0n) is 17.9. The van der Waals surface area contributed by atoms with Gasteiger partial charge < -0.3 is 14.5 Å². The number of ether oxygens (including phenoxy) is 1. The summed E-state index contributed by atoms with van der Waals surface area (Å²) in [5.74, 6) is 1.79. The first-order valence-corrected chi connectivity index (χ1v) is 11.0. The van der Waals surface area contributed by atoms with Gasteiger partial charge in [0.1, 0.15) is 17.9 Å². The van der Waals surface area contributed by atoms with Gasteiger partial charge >= 0.3 is 5.69 Å². The lowest BCUT2D eigenvalue weighted by atomic mass is 10.2. The maximum absolute atomic E-state index is 13.1. The molecule has 166 valence electrons. The van der Waals surface area contributed by atoms with Crippen molar-refractivity contribution in [2.45, 2.75) is 19.4 Å². The molecular formula is C24H26FN5O2. The molecule has 1 aliphatic heterocycles. The molecule has 2 fully saturated rings. The molecule has 1 saturated heterocycles. The molecule has 7 nitrogen and oxygen atoms in total. The Labute approximate surface area is 186 Å². The van der Waals surface area contributed by atoms with Crippen LogP contribution in [0.25, 0.3) is 0 Å². The van der Waals surface area contributed by atoms with E-state index in [1.54, 1.807) is 18.5 Å². The van der Waals surface area contributed by atoms with E-state index in [4.69, 9.17) is 4.74 Å². The van der Waals surface area contributed by atoms with E-state index in [-0.39, 0.29) is 11.5 Å². The third-order valence-electron chi connectivity index (χ3n) is 5.97. The van der Waals surface area contributed by atoms with Crippen LogP contribution in [0, 0.1) is 11.7 Å². The molecule has 0 radical (unpaired) electrons. The number of aromatic nitrogens is 3. The van der Waals surface area contributed by atoms with Gasteiger partial charge in [-0.25, -0.2) is 14.2 Å². The minimum Gasteiger partial charge on any atom is -0.493 e. The van der Waals surface area contributed by atoms with Crippen molar-refractivity contribution in [2.24, 2.45) is 5.92 Å². The summed E-state index contributed by atoms with van der Waals surface area (Å²) in [4.78, 5) is 25.4. The van der Waals surface area contributed by atoms with E-state index in [0.717, 1.165) is 42.6 Å². The van der Waals surface area contributed by atoms with Crippen LogP contribution < -0.4 is 20.2 Å². The van der Waals surface area contributed by atoms with Gasteiger partial charge in [0.15, 0.2) is 0 Å². The number of halogens is 1. The fourth-order valence-corrected chi connectivity index (χ4v) is 3.81. The molecule has 0 unspecified atom stereocenters. The average Bonchev–Trinajstić information content (AvgIpc) is 3.65. The third kappa shape index (κ3) is 4.90. The van der Waals surface area contributed by atoms with Crippen molar-refractivity contribution in [1.82, 2.24) is 14.5 Å². The minimum absolute atomic E-state index is 0.237. The fourth-order valence-electron chi connectivity index (χ4n) is 3.81. The molecule has 2 aliphatic rings. The Morgan fingerprint density at radius 2 is 1.62 bits per heavy atom. The van der Waals surface area contributed by atoms with Crippen molar-refractivity contribution in [3.05, 3.63) is 76.7 Å². The SMILES string of the molecule is O=c1nc(N2CCN(c3ccc(F)cc3)CC2)ncn1Cc1ccc(OCC2CC2)cc1. The molecule has 1 aliphatic carbocycles. The van der Waals surface area contributed by atoms with Gasteiger partial charge in [-0.3, -0.25) is 4.57 Å². The first-order valence-electron chi connectivity index (χ1n) is 11.0. The van der Waals surface area contributed by atoms with E-state index in [0.29, 0.717) is 25.6 Å². The van der Waals surface area contributed by atoms with Crippen LogP contribution >= 0.6 is 0 Å². The van der Waals surface area contributed by atoms with Crippen LogP contribution in [0.3, 0.4) is 0 Å². The quantitative estimate of drug-likeness (QED) is 0.569. The van der Waals surface area contributed by atoms with Gasteiger partial charge in [0.25, 0.3) is 0 Å². The third-order valence-corrected chi connectivity index (χ3v) is 5.97. The van der Waals surface area contributed by atoms with Crippen molar-refractivity contribution in [2.75, 3.05) is 42.6 Å². The number of hydrogen-bond donors (Lipinski definition) is 0. The Bertz CT molecular complexity index is 1100. The number of hydrogen-bond acceptors (Lipinski definition) is 6. The van der Waals surface area contributed by atoms with Crippen LogP contribution in [0.2, 0.25) is 0 Å². The molecule has 0 atom stereocenters. The molecule has 0 spiro atoms. The summed E-state index contributed by atoms with van der Waals surface area (Å²) in [6, 6.07) is 14.3.